The number of alkyl halides is 3. The minimum absolute atomic E-state index is 0.0932. The van der Waals surface area contributed by atoms with Crippen LogP contribution in [0.15, 0.2) is 48.5 Å². The van der Waals surface area contributed by atoms with Crippen molar-refractivity contribution in [3.05, 3.63) is 64.7 Å². The average molecular weight is 439 g/mol. The van der Waals surface area contributed by atoms with Crippen LogP contribution in [0.5, 0.6) is 5.75 Å². The lowest BCUT2D eigenvalue weighted by molar-refractivity contribution is -0.142. The number of nitrogens with one attached hydrogen (secondary N) is 1. The van der Waals surface area contributed by atoms with Gasteiger partial charge in [-0.1, -0.05) is 23.7 Å². The van der Waals surface area contributed by atoms with E-state index in [2.05, 4.69) is 0 Å². The summed E-state index contributed by atoms with van der Waals surface area (Å²) in [7, 11) is 0. The summed E-state index contributed by atoms with van der Waals surface area (Å²) in [6.45, 7) is -0.867. The van der Waals surface area contributed by atoms with Gasteiger partial charge in [-0.15, -0.1) is 0 Å². The van der Waals surface area contributed by atoms with Gasteiger partial charge in [-0.3, -0.25) is 4.79 Å². The Labute approximate surface area is 174 Å². The lowest BCUT2D eigenvalue weighted by Gasteiger charge is -2.14. The molecule has 2 rings (SSSR count). The van der Waals surface area contributed by atoms with Crippen LogP contribution in [0.1, 0.15) is 11.1 Å². The maximum absolute atomic E-state index is 13.0. The Bertz CT molecular complexity index is 983. The third-order valence-electron chi connectivity index (χ3n) is 3.50. The summed E-state index contributed by atoms with van der Waals surface area (Å²) in [5.74, 6) is -1.32. The van der Waals surface area contributed by atoms with Gasteiger partial charge < -0.3 is 14.8 Å². The number of hydrogen-bond donors (Lipinski definition) is 1. The Morgan fingerprint density at radius 3 is 2.50 bits per heavy atom. The van der Waals surface area contributed by atoms with E-state index in [0.29, 0.717) is 17.4 Å². The van der Waals surface area contributed by atoms with E-state index in [9.17, 15) is 22.8 Å². The van der Waals surface area contributed by atoms with Crippen molar-refractivity contribution in [2.24, 2.45) is 0 Å². The van der Waals surface area contributed by atoms with Crippen LogP contribution in [0.2, 0.25) is 5.02 Å². The van der Waals surface area contributed by atoms with Crippen LogP contribution in [0, 0.1) is 11.3 Å². The molecule has 156 valence electrons. The third-order valence-corrected chi connectivity index (χ3v) is 3.74. The molecular weight excluding hydrogens is 425 g/mol. The number of benzene rings is 2. The first-order valence-electron chi connectivity index (χ1n) is 8.30. The molecule has 6 nitrogen and oxygen atoms in total. The number of nitrogens with zero attached hydrogens (tertiary/aromatic N) is 1. The van der Waals surface area contributed by atoms with Crippen molar-refractivity contribution < 1.29 is 32.2 Å². The highest BCUT2D eigenvalue weighted by molar-refractivity contribution is 6.30. The van der Waals surface area contributed by atoms with Gasteiger partial charge in [0.05, 0.1) is 11.3 Å². The number of halogens is 4. The van der Waals surface area contributed by atoms with E-state index in [0.717, 1.165) is 12.1 Å². The smallest absolute Gasteiger partial charge is 0.418 e. The fraction of sp³-hybridized carbons (Fsp3) is 0.150. The highest BCUT2D eigenvalue weighted by Crippen LogP contribution is 2.36. The number of amides is 1. The molecule has 10 heteroatoms. The fourth-order valence-electron chi connectivity index (χ4n) is 2.19. The van der Waals surface area contributed by atoms with E-state index >= 15 is 0 Å². The molecule has 0 saturated heterocycles. The largest absolute Gasteiger partial charge is 0.479 e. The van der Waals surface area contributed by atoms with E-state index < -0.39 is 35.9 Å². The number of hydrogen-bond acceptors (Lipinski definition) is 5. The summed E-state index contributed by atoms with van der Waals surface area (Å²) in [4.78, 5) is 23.5. The lowest BCUT2D eigenvalue weighted by atomic mass is 10.1. The number of anilines is 1. The molecule has 0 aliphatic heterocycles. The molecule has 0 atom stereocenters. The van der Waals surface area contributed by atoms with Crippen LogP contribution in [-0.4, -0.2) is 25.1 Å². The number of rotatable bonds is 7. The number of esters is 1. The van der Waals surface area contributed by atoms with Gasteiger partial charge in [-0.2, -0.15) is 18.4 Å². The molecule has 30 heavy (non-hydrogen) atoms. The fourth-order valence-corrected chi connectivity index (χ4v) is 2.36. The molecule has 0 aliphatic rings. The highest BCUT2D eigenvalue weighted by Gasteiger charge is 2.34. The van der Waals surface area contributed by atoms with Crippen LogP contribution in [0.25, 0.3) is 6.08 Å². The first-order valence-corrected chi connectivity index (χ1v) is 8.68. The Morgan fingerprint density at radius 1 is 1.17 bits per heavy atom. The number of nitriles is 1. The van der Waals surface area contributed by atoms with Crippen LogP contribution < -0.4 is 10.1 Å². The molecule has 0 fully saturated rings. The molecule has 0 unspecified atom stereocenters. The predicted octanol–water partition coefficient (Wildman–Crippen LogP) is 4.46. The SMILES string of the molecule is N#CCOc1ccc(/C=C/C(=O)OCC(=O)Nc2ccc(Cl)cc2C(F)(F)F)cc1. The third kappa shape index (κ3) is 7.14. The maximum Gasteiger partial charge on any atom is 0.418 e. The second-order valence-electron chi connectivity index (χ2n) is 5.69. The van der Waals surface area contributed by atoms with Gasteiger partial charge >= 0.3 is 12.1 Å². The summed E-state index contributed by atoms with van der Waals surface area (Å²) in [6, 6.07) is 11.2. The molecule has 0 heterocycles. The molecule has 0 aromatic heterocycles. The van der Waals surface area contributed by atoms with Gasteiger partial charge in [-0.05, 0) is 42.0 Å². The van der Waals surface area contributed by atoms with E-state index in [1.54, 1.807) is 24.3 Å². The van der Waals surface area contributed by atoms with Gasteiger partial charge in [0.1, 0.15) is 11.8 Å². The summed E-state index contributed by atoms with van der Waals surface area (Å²) < 4.78 is 48.8. The van der Waals surface area contributed by atoms with Crippen molar-refractivity contribution in [3.63, 3.8) is 0 Å². The molecule has 1 N–H and O–H groups in total. The molecule has 0 radical (unpaired) electrons. The molecule has 1 amide bonds. The van der Waals surface area contributed by atoms with Crippen LogP contribution in [-0.2, 0) is 20.5 Å². The zero-order valence-corrected chi connectivity index (χ0v) is 16.0. The molecule has 2 aromatic rings. The Morgan fingerprint density at radius 2 is 1.87 bits per heavy atom. The van der Waals surface area contributed by atoms with Crippen molar-refractivity contribution in [1.29, 1.82) is 5.26 Å². The summed E-state index contributed by atoms with van der Waals surface area (Å²) in [5, 5.41) is 10.3. The predicted molar refractivity (Wildman–Crippen MR) is 103 cm³/mol. The Kier molecular flexibility index (Phi) is 7.83. The number of carbonyl (C=O) groups is 2. The van der Waals surface area contributed by atoms with Crippen LogP contribution in [0.3, 0.4) is 0 Å². The van der Waals surface area contributed by atoms with E-state index in [-0.39, 0.29) is 11.6 Å². The topological polar surface area (TPSA) is 88.4 Å². The average Bonchev–Trinajstić information content (AvgIpc) is 2.70. The first kappa shape index (κ1) is 22.8. The van der Waals surface area contributed by atoms with Crippen molar-refractivity contribution >= 4 is 35.2 Å². The molecule has 2 aromatic carbocycles. The van der Waals surface area contributed by atoms with Crippen molar-refractivity contribution in [2.45, 2.75) is 6.18 Å². The van der Waals surface area contributed by atoms with Crippen molar-refractivity contribution in [1.82, 2.24) is 0 Å². The molecule has 0 spiro atoms. The normalized spacial score (nSPS) is 11.0. The van der Waals surface area contributed by atoms with Crippen LogP contribution in [0.4, 0.5) is 18.9 Å². The zero-order chi connectivity index (χ0) is 22.1. The zero-order valence-electron chi connectivity index (χ0n) is 15.2. The van der Waals surface area contributed by atoms with Gasteiger partial charge in [-0.25, -0.2) is 4.79 Å². The van der Waals surface area contributed by atoms with Gasteiger partial charge in [0.2, 0.25) is 0 Å². The van der Waals surface area contributed by atoms with Gasteiger partial charge in [0.25, 0.3) is 5.91 Å². The molecule has 0 saturated carbocycles. The minimum atomic E-state index is -4.72. The second-order valence-corrected chi connectivity index (χ2v) is 6.13. The summed E-state index contributed by atoms with van der Waals surface area (Å²) >= 11 is 5.57. The highest BCUT2D eigenvalue weighted by atomic mass is 35.5. The van der Waals surface area contributed by atoms with Crippen molar-refractivity contribution in [2.75, 3.05) is 18.5 Å². The van der Waals surface area contributed by atoms with Gasteiger partial charge in [0.15, 0.2) is 13.2 Å². The van der Waals surface area contributed by atoms with E-state index in [1.807, 2.05) is 11.4 Å². The number of carbonyl (C=O) groups excluding carboxylic acids is 2. The van der Waals surface area contributed by atoms with E-state index in [4.69, 9.17) is 26.3 Å². The summed E-state index contributed by atoms with van der Waals surface area (Å²) in [6.07, 6.45) is -2.25. The van der Waals surface area contributed by atoms with Crippen molar-refractivity contribution in [3.8, 4) is 11.8 Å². The molecule has 0 bridgehead atoms. The monoisotopic (exact) mass is 438 g/mol. The lowest BCUT2D eigenvalue weighted by Crippen LogP contribution is -2.22. The standard InChI is InChI=1S/C20H14ClF3N2O4/c21-14-4-7-17(16(11-14)20(22,23)24)26-18(27)12-30-19(28)8-3-13-1-5-15(6-2-13)29-10-9-25/h1-8,11H,10,12H2,(H,26,27)/b8-3+. The Balaban J connectivity index is 1.89. The van der Waals surface area contributed by atoms with E-state index in [1.165, 1.54) is 12.1 Å². The molecule has 0 aliphatic carbocycles. The summed E-state index contributed by atoms with van der Waals surface area (Å²) in [5.41, 5.74) is -0.990. The first-order chi connectivity index (χ1) is 14.2. The minimum Gasteiger partial charge on any atom is -0.479 e. The number of ether oxygens (including phenoxy) is 2. The molecular formula is C20H14ClF3N2O4. The second kappa shape index (κ2) is 10.3. The van der Waals surface area contributed by atoms with Crippen LogP contribution >= 0.6 is 11.6 Å². The van der Waals surface area contributed by atoms with Gasteiger partial charge in [0, 0.05) is 11.1 Å². The Hall–Kier alpha value is -3.51. The maximum atomic E-state index is 13.0. The quantitative estimate of drug-likeness (QED) is 0.509.